The molecular formula is C23H16F2N6O. The van der Waals surface area contributed by atoms with Gasteiger partial charge < -0.3 is 5.32 Å². The molecule has 0 aliphatic carbocycles. The number of carbonyl (C=O) groups excluding carboxylic acids is 1. The lowest BCUT2D eigenvalue weighted by molar-refractivity contribution is 0.0948. The van der Waals surface area contributed by atoms with E-state index in [2.05, 4.69) is 20.4 Å². The van der Waals surface area contributed by atoms with E-state index in [1.54, 1.807) is 33.9 Å². The summed E-state index contributed by atoms with van der Waals surface area (Å²) >= 11 is 0. The van der Waals surface area contributed by atoms with Crippen LogP contribution in [0.4, 0.5) is 8.78 Å². The van der Waals surface area contributed by atoms with Gasteiger partial charge in [-0.1, -0.05) is 24.3 Å². The van der Waals surface area contributed by atoms with Crippen LogP contribution in [0, 0.1) is 11.6 Å². The SMILES string of the molecule is O=C(NCc1ccc(F)c(F)c1)c1nc(-c2ccnn2-c2ccccc2)n2ccncc12. The summed E-state index contributed by atoms with van der Waals surface area (Å²) in [6.45, 7) is 0.0204. The predicted octanol–water partition coefficient (Wildman–Crippen LogP) is 3.79. The molecule has 7 nitrogen and oxygen atoms in total. The number of carbonyl (C=O) groups is 1. The second kappa shape index (κ2) is 8.03. The summed E-state index contributed by atoms with van der Waals surface area (Å²) in [5.74, 6) is -1.85. The number of amides is 1. The first-order valence-electron chi connectivity index (χ1n) is 9.76. The van der Waals surface area contributed by atoms with E-state index in [4.69, 9.17) is 0 Å². The summed E-state index contributed by atoms with van der Waals surface area (Å²) in [4.78, 5) is 21.6. The molecule has 32 heavy (non-hydrogen) atoms. The highest BCUT2D eigenvalue weighted by Crippen LogP contribution is 2.24. The fourth-order valence-corrected chi connectivity index (χ4v) is 3.45. The fraction of sp³-hybridized carbons (Fsp3) is 0.0435. The largest absolute Gasteiger partial charge is 0.347 e. The smallest absolute Gasteiger partial charge is 0.272 e. The summed E-state index contributed by atoms with van der Waals surface area (Å²) in [7, 11) is 0. The molecule has 0 saturated carbocycles. The van der Waals surface area contributed by atoms with Gasteiger partial charge in [0.15, 0.2) is 23.2 Å². The molecule has 0 radical (unpaired) electrons. The predicted molar refractivity (Wildman–Crippen MR) is 113 cm³/mol. The first-order chi connectivity index (χ1) is 15.6. The zero-order chi connectivity index (χ0) is 22.1. The minimum absolute atomic E-state index is 0.0204. The van der Waals surface area contributed by atoms with Gasteiger partial charge in [-0.05, 0) is 35.9 Å². The van der Waals surface area contributed by atoms with Crippen molar-refractivity contribution >= 4 is 11.4 Å². The maximum absolute atomic E-state index is 13.5. The van der Waals surface area contributed by atoms with Gasteiger partial charge in [-0.15, -0.1) is 0 Å². The molecule has 0 unspecified atom stereocenters. The molecule has 5 rings (SSSR count). The Morgan fingerprint density at radius 1 is 1.00 bits per heavy atom. The van der Waals surface area contributed by atoms with E-state index >= 15 is 0 Å². The highest BCUT2D eigenvalue weighted by atomic mass is 19.2. The Balaban J connectivity index is 1.51. The molecular weight excluding hydrogens is 414 g/mol. The lowest BCUT2D eigenvalue weighted by Gasteiger charge is -2.06. The minimum atomic E-state index is -0.968. The van der Waals surface area contributed by atoms with Gasteiger partial charge in [-0.25, -0.2) is 18.4 Å². The third kappa shape index (κ3) is 3.49. The standard InChI is InChI=1S/C23H16F2N6O/c24-17-7-6-15(12-18(17)25)13-27-23(32)21-20-14-26-10-11-30(20)22(29-21)19-8-9-28-31(19)16-4-2-1-3-5-16/h1-12,14H,13H2,(H,27,32). The van der Waals surface area contributed by atoms with Crippen molar-refractivity contribution in [1.29, 1.82) is 0 Å². The zero-order valence-corrected chi connectivity index (χ0v) is 16.6. The van der Waals surface area contributed by atoms with E-state index in [1.165, 1.54) is 6.07 Å². The molecule has 0 spiro atoms. The van der Waals surface area contributed by atoms with Crippen molar-refractivity contribution in [2.45, 2.75) is 6.54 Å². The van der Waals surface area contributed by atoms with Crippen molar-refractivity contribution in [3.05, 3.63) is 102 Å². The number of nitrogens with one attached hydrogen (secondary N) is 1. The van der Waals surface area contributed by atoms with E-state index in [0.717, 1.165) is 17.8 Å². The van der Waals surface area contributed by atoms with Crippen LogP contribution in [-0.2, 0) is 6.54 Å². The first-order valence-corrected chi connectivity index (χ1v) is 9.76. The number of nitrogens with zero attached hydrogens (tertiary/aromatic N) is 5. The van der Waals surface area contributed by atoms with Crippen LogP contribution in [-0.4, -0.2) is 30.1 Å². The van der Waals surface area contributed by atoms with Crippen molar-refractivity contribution in [3.63, 3.8) is 0 Å². The second-order valence-corrected chi connectivity index (χ2v) is 7.01. The Labute approximate surface area is 181 Å². The van der Waals surface area contributed by atoms with Crippen molar-refractivity contribution in [3.8, 4) is 17.2 Å². The zero-order valence-electron chi connectivity index (χ0n) is 16.6. The van der Waals surface area contributed by atoms with Gasteiger partial charge in [0, 0.05) is 18.9 Å². The Kier molecular flexibility index (Phi) is 4.91. The summed E-state index contributed by atoms with van der Waals surface area (Å²) in [5.41, 5.74) is 2.64. The molecule has 9 heteroatoms. The maximum Gasteiger partial charge on any atom is 0.272 e. The molecule has 5 aromatic rings. The van der Waals surface area contributed by atoms with E-state index in [-0.39, 0.29) is 12.2 Å². The topological polar surface area (TPSA) is 77.1 Å². The highest BCUT2D eigenvalue weighted by Gasteiger charge is 2.21. The minimum Gasteiger partial charge on any atom is -0.347 e. The molecule has 0 saturated heterocycles. The van der Waals surface area contributed by atoms with Gasteiger partial charge in [0.1, 0.15) is 5.69 Å². The summed E-state index contributed by atoms with van der Waals surface area (Å²) in [6.07, 6.45) is 6.52. The van der Waals surface area contributed by atoms with Gasteiger partial charge in [0.05, 0.1) is 23.6 Å². The van der Waals surface area contributed by atoms with Gasteiger partial charge >= 0.3 is 0 Å². The van der Waals surface area contributed by atoms with Crippen LogP contribution < -0.4 is 5.32 Å². The molecule has 0 fully saturated rings. The first kappa shape index (κ1) is 19.6. The molecule has 1 amide bonds. The number of hydrogen-bond donors (Lipinski definition) is 1. The Hall–Kier alpha value is -4.40. The van der Waals surface area contributed by atoms with Crippen LogP contribution in [0.1, 0.15) is 16.1 Å². The number of benzene rings is 2. The van der Waals surface area contributed by atoms with Crippen molar-refractivity contribution in [2.24, 2.45) is 0 Å². The number of hydrogen-bond acceptors (Lipinski definition) is 4. The second-order valence-electron chi connectivity index (χ2n) is 7.01. The lowest BCUT2D eigenvalue weighted by Crippen LogP contribution is -2.23. The van der Waals surface area contributed by atoms with E-state index in [1.807, 2.05) is 36.4 Å². The molecule has 0 bridgehead atoms. The molecule has 0 atom stereocenters. The van der Waals surface area contributed by atoms with Crippen molar-refractivity contribution in [1.82, 2.24) is 29.5 Å². The van der Waals surface area contributed by atoms with Gasteiger partial charge in [0.2, 0.25) is 0 Å². The van der Waals surface area contributed by atoms with Crippen LogP contribution in [0.3, 0.4) is 0 Å². The number of imidazole rings is 1. The van der Waals surface area contributed by atoms with Crippen molar-refractivity contribution < 1.29 is 13.6 Å². The average Bonchev–Trinajstić information content (AvgIpc) is 3.45. The van der Waals surface area contributed by atoms with Crippen LogP contribution >= 0.6 is 0 Å². The molecule has 2 aromatic carbocycles. The number of para-hydroxylation sites is 1. The van der Waals surface area contributed by atoms with Gasteiger partial charge in [0.25, 0.3) is 5.91 Å². The molecule has 3 aromatic heterocycles. The fourth-order valence-electron chi connectivity index (χ4n) is 3.45. The van der Waals surface area contributed by atoms with E-state index in [9.17, 15) is 13.6 Å². The van der Waals surface area contributed by atoms with Crippen LogP contribution in [0.2, 0.25) is 0 Å². The Morgan fingerprint density at radius 2 is 1.84 bits per heavy atom. The monoisotopic (exact) mass is 430 g/mol. The molecule has 3 heterocycles. The number of rotatable bonds is 5. The van der Waals surface area contributed by atoms with Gasteiger partial charge in [-0.2, -0.15) is 5.10 Å². The summed E-state index contributed by atoms with van der Waals surface area (Å²) < 4.78 is 30.1. The summed E-state index contributed by atoms with van der Waals surface area (Å²) in [6, 6.07) is 14.9. The van der Waals surface area contributed by atoms with E-state index < -0.39 is 17.5 Å². The Morgan fingerprint density at radius 3 is 2.66 bits per heavy atom. The maximum atomic E-state index is 13.5. The average molecular weight is 430 g/mol. The number of halogens is 2. The molecule has 0 aliphatic heterocycles. The third-order valence-electron chi connectivity index (χ3n) is 4.97. The molecule has 0 aliphatic rings. The van der Waals surface area contributed by atoms with E-state index in [0.29, 0.717) is 22.6 Å². The normalized spacial score (nSPS) is 11.1. The lowest BCUT2D eigenvalue weighted by atomic mass is 10.2. The Bertz CT molecular complexity index is 1430. The molecule has 1 N–H and O–H groups in total. The van der Waals surface area contributed by atoms with Gasteiger partial charge in [-0.3, -0.25) is 14.2 Å². The number of fused-ring (bicyclic) bond motifs is 1. The summed E-state index contributed by atoms with van der Waals surface area (Å²) in [5, 5.41) is 7.10. The highest BCUT2D eigenvalue weighted by molar-refractivity contribution is 5.99. The van der Waals surface area contributed by atoms with Crippen LogP contribution in [0.15, 0.2) is 79.4 Å². The molecule has 158 valence electrons. The third-order valence-corrected chi connectivity index (χ3v) is 4.97. The van der Waals surface area contributed by atoms with Crippen molar-refractivity contribution in [2.75, 3.05) is 0 Å². The number of aromatic nitrogens is 5. The quantitative estimate of drug-likeness (QED) is 0.460. The van der Waals surface area contributed by atoms with Crippen LogP contribution in [0.25, 0.3) is 22.7 Å². The van der Waals surface area contributed by atoms with Crippen LogP contribution in [0.5, 0.6) is 0 Å².